The van der Waals surface area contributed by atoms with Gasteiger partial charge in [-0.1, -0.05) is 32.0 Å². The number of aliphatic hydroxyl groups excluding tert-OH is 1. The minimum absolute atomic E-state index is 0.386. The molecule has 20 heavy (non-hydrogen) atoms. The molecule has 0 radical (unpaired) electrons. The summed E-state index contributed by atoms with van der Waals surface area (Å²) in [5.74, 6) is 2.40. The van der Waals surface area contributed by atoms with E-state index < -0.39 is 0 Å². The van der Waals surface area contributed by atoms with Gasteiger partial charge in [-0.3, -0.25) is 0 Å². The van der Waals surface area contributed by atoms with E-state index in [0.29, 0.717) is 6.61 Å². The highest BCUT2D eigenvalue weighted by molar-refractivity contribution is 5.31. The van der Waals surface area contributed by atoms with Crippen LogP contribution in [0.15, 0.2) is 24.3 Å². The molecule has 0 spiro atoms. The Morgan fingerprint density at radius 3 is 2.55 bits per heavy atom. The van der Waals surface area contributed by atoms with Gasteiger partial charge in [0.15, 0.2) is 0 Å². The second-order valence-electron chi connectivity index (χ2n) is 6.54. The SMILES string of the molecule is Cc1ccccc1OC[C@H](O)C[NH+]1C[C@H](C)C[C@H](C)C1. The molecular formula is C17H28NO2+. The molecule has 4 atom stereocenters. The van der Waals surface area contributed by atoms with E-state index >= 15 is 0 Å². The zero-order valence-electron chi connectivity index (χ0n) is 12.9. The highest BCUT2D eigenvalue weighted by Gasteiger charge is 2.26. The number of piperidine rings is 1. The van der Waals surface area contributed by atoms with Gasteiger partial charge < -0.3 is 14.7 Å². The molecule has 112 valence electrons. The minimum Gasteiger partial charge on any atom is -0.490 e. The number of rotatable bonds is 5. The van der Waals surface area contributed by atoms with Crippen molar-refractivity contribution in [1.29, 1.82) is 0 Å². The summed E-state index contributed by atoms with van der Waals surface area (Å²) in [6, 6.07) is 7.95. The Morgan fingerprint density at radius 1 is 1.25 bits per heavy atom. The predicted octanol–water partition coefficient (Wildman–Crippen LogP) is 1.30. The molecule has 1 aromatic carbocycles. The number of nitrogens with one attached hydrogen (secondary N) is 1. The van der Waals surface area contributed by atoms with E-state index in [1.54, 1.807) is 0 Å². The number of aliphatic hydroxyl groups is 1. The highest BCUT2D eigenvalue weighted by Crippen LogP contribution is 2.16. The maximum absolute atomic E-state index is 10.2. The van der Waals surface area contributed by atoms with Gasteiger partial charge in [-0.15, -0.1) is 0 Å². The van der Waals surface area contributed by atoms with Crippen LogP contribution in [0, 0.1) is 18.8 Å². The van der Waals surface area contributed by atoms with Crippen LogP contribution in [0.2, 0.25) is 0 Å². The molecule has 1 heterocycles. The molecule has 1 unspecified atom stereocenters. The van der Waals surface area contributed by atoms with Crippen LogP contribution in [0.5, 0.6) is 5.75 Å². The van der Waals surface area contributed by atoms with Crippen molar-refractivity contribution in [3.63, 3.8) is 0 Å². The van der Waals surface area contributed by atoms with Crippen LogP contribution in [-0.2, 0) is 0 Å². The molecule has 1 fully saturated rings. The first-order valence-corrected chi connectivity index (χ1v) is 7.74. The van der Waals surface area contributed by atoms with Crippen molar-refractivity contribution in [2.24, 2.45) is 11.8 Å². The van der Waals surface area contributed by atoms with Gasteiger partial charge in [0.05, 0.1) is 13.1 Å². The summed E-state index contributed by atoms with van der Waals surface area (Å²) in [7, 11) is 0. The minimum atomic E-state index is -0.387. The molecule has 1 saturated heterocycles. The molecule has 0 aliphatic carbocycles. The van der Waals surface area contributed by atoms with Crippen LogP contribution in [-0.4, -0.2) is 37.5 Å². The highest BCUT2D eigenvalue weighted by atomic mass is 16.5. The lowest BCUT2D eigenvalue weighted by Crippen LogP contribution is -3.15. The molecule has 3 nitrogen and oxygen atoms in total. The molecule has 0 amide bonds. The van der Waals surface area contributed by atoms with E-state index in [1.165, 1.54) is 24.4 Å². The monoisotopic (exact) mass is 278 g/mol. The van der Waals surface area contributed by atoms with E-state index in [2.05, 4.69) is 13.8 Å². The summed E-state index contributed by atoms with van der Waals surface area (Å²) in [6.45, 7) is 10.2. The Kier molecular flexibility index (Phi) is 5.44. The number of ether oxygens (including phenoxy) is 1. The normalized spacial score (nSPS) is 28.1. The standard InChI is InChI=1S/C17H27NO2/c1-13-8-14(2)10-18(9-13)11-16(19)12-20-17-7-5-4-6-15(17)3/h4-7,13-14,16,19H,8-12H2,1-3H3/p+1/t13-,14+,16-/m1/s1. The van der Waals surface area contributed by atoms with Crippen LogP contribution in [0.4, 0.5) is 0 Å². The van der Waals surface area contributed by atoms with Crippen LogP contribution in [0.3, 0.4) is 0 Å². The molecule has 0 aromatic heterocycles. The van der Waals surface area contributed by atoms with Crippen molar-refractivity contribution in [3.8, 4) is 5.75 Å². The number of hydrogen-bond acceptors (Lipinski definition) is 2. The Morgan fingerprint density at radius 2 is 1.90 bits per heavy atom. The maximum Gasteiger partial charge on any atom is 0.137 e. The largest absolute Gasteiger partial charge is 0.490 e. The number of quaternary nitrogens is 1. The number of likely N-dealkylation sites (tertiary alicyclic amines) is 1. The van der Waals surface area contributed by atoms with Crippen LogP contribution >= 0.6 is 0 Å². The molecule has 3 heteroatoms. The first-order chi connectivity index (χ1) is 9.54. The summed E-state index contributed by atoms with van der Waals surface area (Å²) in [6.07, 6.45) is 0.932. The molecule has 1 aromatic rings. The Bertz CT molecular complexity index is 411. The quantitative estimate of drug-likeness (QED) is 0.851. The third kappa shape index (κ3) is 4.50. The van der Waals surface area contributed by atoms with Gasteiger partial charge in [0.1, 0.15) is 25.0 Å². The molecule has 1 aliphatic heterocycles. The maximum atomic E-state index is 10.2. The third-order valence-electron chi connectivity index (χ3n) is 4.13. The first kappa shape index (κ1) is 15.3. The van der Waals surface area contributed by atoms with Crippen molar-refractivity contribution in [2.45, 2.75) is 33.3 Å². The molecule has 0 saturated carbocycles. The number of para-hydroxylation sites is 1. The van der Waals surface area contributed by atoms with Crippen LogP contribution < -0.4 is 9.64 Å². The van der Waals surface area contributed by atoms with Gasteiger partial charge in [-0.2, -0.15) is 0 Å². The number of hydrogen-bond donors (Lipinski definition) is 2. The van der Waals surface area contributed by atoms with Crippen LogP contribution in [0.1, 0.15) is 25.8 Å². The average molecular weight is 278 g/mol. The Labute approximate surface area is 122 Å². The van der Waals surface area contributed by atoms with Gasteiger partial charge in [-0.05, 0) is 25.0 Å². The second kappa shape index (κ2) is 7.09. The van der Waals surface area contributed by atoms with E-state index in [4.69, 9.17) is 4.74 Å². The molecule has 2 N–H and O–H groups in total. The molecule has 1 aliphatic rings. The first-order valence-electron chi connectivity index (χ1n) is 7.74. The summed E-state index contributed by atoms with van der Waals surface area (Å²) in [5.41, 5.74) is 1.12. The van der Waals surface area contributed by atoms with Crippen molar-refractivity contribution in [1.82, 2.24) is 0 Å². The van der Waals surface area contributed by atoms with Gasteiger partial charge in [0.2, 0.25) is 0 Å². The predicted molar refractivity (Wildman–Crippen MR) is 81.2 cm³/mol. The Balaban J connectivity index is 1.78. The fourth-order valence-electron chi connectivity index (χ4n) is 3.39. The van der Waals surface area contributed by atoms with Gasteiger partial charge >= 0.3 is 0 Å². The zero-order chi connectivity index (χ0) is 14.5. The van der Waals surface area contributed by atoms with Crippen molar-refractivity contribution >= 4 is 0 Å². The van der Waals surface area contributed by atoms with Gasteiger partial charge in [0.25, 0.3) is 0 Å². The van der Waals surface area contributed by atoms with Crippen molar-refractivity contribution in [3.05, 3.63) is 29.8 Å². The third-order valence-corrected chi connectivity index (χ3v) is 4.13. The lowest BCUT2D eigenvalue weighted by Gasteiger charge is -2.33. The van der Waals surface area contributed by atoms with E-state index in [0.717, 1.165) is 29.7 Å². The van der Waals surface area contributed by atoms with Gasteiger partial charge in [0, 0.05) is 11.8 Å². The van der Waals surface area contributed by atoms with Crippen molar-refractivity contribution < 1.29 is 14.7 Å². The summed E-state index contributed by atoms with van der Waals surface area (Å²) >= 11 is 0. The zero-order valence-corrected chi connectivity index (χ0v) is 12.9. The Hall–Kier alpha value is -1.06. The summed E-state index contributed by atoms with van der Waals surface area (Å²) < 4.78 is 5.73. The van der Waals surface area contributed by atoms with E-state index in [9.17, 15) is 5.11 Å². The summed E-state index contributed by atoms with van der Waals surface area (Å²) in [4.78, 5) is 1.51. The van der Waals surface area contributed by atoms with Gasteiger partial charge in [-0.25, -0.2) is 0 Å². The topological polar surface area (TPSA) is 33.9 Å². The average Bonchev–Trinajstić information content (AvgIpc) is 2.36. The number of benzene rings is 1. The van der Waals surface area contributed by atoms with E-state index in [-0.39, 0.29) is 6.10 Å². The molecule has 0 bridgehead atoms. The lowest BCUT2D eigenvalue weighted by molar-refractivity contribution is -0.915. The van der Waals surface area contributed by atoms with Crippen LogP contribution in [0.25, 0.3) is 0 Å². The van der Waals surface area contributed by atoms with Crippen molar-refractivity contribution in [2.75, 3.05) is 26.2 Å². The number of aryl methyl sites for hydroxylation is 1. The summed E-state index contributed by atoms with van der Waals surface area (Å²) in [5, 5.41) is 10.2. The molecule has 2 rings (SSSR count). The van der Waals surface area contributed by atoms with E-state index in [1.807, 2.05) is 31.2 Å². The molecular weight excluding hydrogens is 250 g/mol. The lowest BCUT2D eigenvalue weighted by atomic mass is 9.92. The smallest absolute Gasteiger partial charge is 0.137 e. The fraction of sp³-hybridized carbons (Fsp3) is 0.647. The fourth-order valence-corrected chi connectivity index (χ4v) is 3.39. The second-order valence-corrected chi connectivity index (χ2v) is 6.54.